The van der Waals surface area contributed by atoms with E-state index in [0.29, 0.717) is 12.1 Å². The zero-order valence-electron chi connectivity index (χ0n) is 5.89. The van der Waals surface area contributed by atoms with E-state index in [-0.39, 0.29) is 5.82 Å². The Kier molecular flexibility index (Phi) is 2.02. The molecule has 54 valence electrons. The van der Waals surface area contributed by atoms with Gasteiger partial charge in [-0.15, -0.1) is 0 Å². The maximum absolute atomic E-state index is 12.7. The van der Waals surface area contributed by atoms with Gasteiger partial charge in [0, 0.05) is 6.54 Å². The van der Waals surface area contributed by atoms with Gasteiger partial charge >= 0.3 is 0 Å². The first kappa shape index (κ1) is 7.22. The number of hydrogen-bond donors (Lipinski definition) is 1. The van der Waals surface area contributed by atoms with E-state index < -0.39 is 0 Å². The summed E-state index contributed by atoms with van der Waals surface area (Å²) in [6.07, 6.45) is 0. The first-order valence-electron chi connectivity index (χ1n) is 3.19. The molecule has 0 saturated carbocycles. The second-order valence-electron chi connectivity index (χ2n) is 2.23. The maximum Gasteiger partial charge on any atom is 0.126 e. The second kappa shape index (κ2) is 2.80. The maximum atomic E-state index is 12.7. The molecule has 1 rings (SSSR count). The normalized spacial score (nSPS) is 9.90. The molecule has 2 heteroatoms. The topological polar surface area (TPSA) is 26.0 Å². The van der Waals surface area contributed by atoms with Gasteiger partial charge in [-0.1, -0.05) is 12.1 Å². The van der Waals surface area contributed by atoms with E-state index in [1.807, 2.05) is 6.07 Å². The standard InChI is InChI=1S/C8H10FN/c1-6-7(5-10)3-2-4-8(6)9/h2-4H,5,10H2,1H3. The summed E-state index contributed by atoms with van der Waals surface area (Å²) in [6, 6.07) is 4.94. The molecule has 0 bridgehead atoms. The third-order valence-corrected chi connectivity index (χ3v) is 1.60. The van der Waals surface area contributed by atoms with Crippen LogP contribution in [0.2, 0.25) is 0 Å². The largest absolute Gasteiger partial charge is 0.326 e. The van der Waals surface area contributed by atoms with Gasteiger partial charge < -0.3 is 5.73 Å². The van der Waals surface area contributed by atoms with E-state index in [4.69, 9.17) is 5.73 Å². The Hall–Kier alpha value is -0.890. The highest BCUT2D eigenvalue weighted by Crippen LogP contribution is 2.10. The van der Waals surface area contributed by atoms with E-state index >= 15 is 0 Å². The molecule has 0 aliphatic rings. The van der Waals surface area contributed by atoms with E-state index in [0.717, 1.165) is 5.56 Å². The Bertz CT molecular complexity index is 233. The molecule has 0 saturated heterocycles. The summed E-state index contributed by atoms with van der Waals surface area (Å²) >= 11 is 0. The minimum Gasteiger partial charge on any atom is -0.326 e. The lowest BCUT2D eigenvalue weighted by atomic mass is 10.1. The predicted molar refractivity (Wildman–Crippen MR) is 39.0 cm³/mol. The van der Waals surface area contributed by atoms with Crippen molar-refractivity contribution in [2.24, 2.45) is 5.73 Å². The molecule has 1 aromatic carbocycles. The van der Waals surface area contributed by atoms with E-state index in [1.54, 1.807) is 13.0 Å². The van der Waals surface area contributed by atoms with Crippen LogP contribution in [0.15, 0.2) is 18.2 Å². The van der Waals surface area contributed by atoms with Crippen LogP contribution in [0.25, 0.3) is 0 Å². The van der Waals surface area contributed by atoms with Gasteiger partial charge in [-0.25, -0.2) is 4.39 Å². The van der Waals surface area contributed by atoms with Crippen LogP contribution < -0.4 is 5.73 Å². The molecule has 0 radical (unpaired) electrons. The van der Waals surface area contributed by atoms with E-state index in [9.17, 15) is 4.39 Å². The van der Waals surface area contributed by atoms with Gasteiger partial charge in [-0.2, -0.15) is 0 Å². The highest BCUT2D eigenvalue weighted by molar-refractivity contribution is 5.26. The molecule has 1 nitrogen and oxygen atoms in total. The molecule has 0 spiro atoms. The molecule has 0 atom stereocenters. The van der Waals surface area contributed by atoms with Crippen LogP contribution in [0.4, 0.5) is 4.39 Å². The van der Waals surface area contributed by atoms with Crippen LogP contribution in [0.1, 0.15) is 11.1 Å². The number of nitrogens with two attached hydrogens (primary N) is 1. The van der Waals surface area contributed by atoms with Crippen LogP contribution in [-0.2, 0) is 6.54 Å². The summed E-state index contributed by atoms with van der Waals surface area (Å²) in [5.74, 6) is -0.178. The van der Waals surface area contributed by atoms with Crippen LogP contribution in [0.3, 0.4) is 0 Å². The second-order valence-corrected chi connectivity index (χ2v) is 2.23. The lowest BCUT2D eigenvalue weighted by Gasteiger charge is -2.01. The smallest absolute Gasteiger partial charge is 0.126 e. The molecule has 0 aromatic heterocycles. The van der Waals surface area contributed by atoms with Crippen molar-refractivity contribution in [1.29, 1.82) is 0 Å². The first-order valence-corrected chi connectivity index (χ1v) is 3.19. The van der Waals surface area contributed by atoms with Crippen molar-refractivity contribution >= 4 is 0 Å². The van der Waals surface area contributed by atoms with Crippen molar-refractivity contribution in [2.75, 3.05) is 0 Å². The van der Waals surface area contributed by atoms with Crippen molar-refractivity contribution in [3.63, 3.8) is 0 Å². The van der Waals surface area contributed by atoms with Gasteiger partial charge in [0.05, 0.1) is 0 Å². The summed E-state index contributed by atoms with van der Waals surface area (Å²) in [6.45, 7) is 2.14. The van der Waals surface area contributed by atoms with Gasteiger partial charge in [0.2, 0.25) is 0 Å². The summed E-state index contributed by atoms with van der Waals surface area (Å²) in [5, 5.41) is 0. The van der Waals surface area contributed by atoms with Crippen molar-refractivity contribution in [1.82, 2.24) is 0 Å². The molecule has 10 heavy (non-hydrogen) atoms. The van der Waals surface area contributed by atoms with Crippen LogP contribution >= 0.6 is 0 Å². The summed E-state index contributed by atoms with van der Waals surface area (Å²) < 4.78 is 12.7. The minimum absolute atomic E-state index is 0.178. The Balaban J connectivity index is 3.14. The average Bonchev–Trinajstić information content (AvgIpc) is 1.95. The van der Waals surface area contributed by atoms with Crippen LogP contribution in [0.5, 0.6) is 0 Å². The fourth-order valence-corrected chi connectivity index (χ4v) is 0.873. The fourth-order valence-electron chi connectivity index (χ4n) is 0.873. The van der Waals surface area contributed by atoms with Gasteiger partial charge in [0.25, 0.3) is 0 Å². The Morgan fingerprint density at radius 2 is 2.20 bits per heavy atom. The van der Waals surface area contributed by atoms with Crippen LogP contribution in [0, 0.1) is 12.7 Å². The first-order chi connectivity index (χ1) is 4.75. The highest BCUT2D eigenvalue weighted by Gasteiger charge is 1.99. The summed E-state index contributed by atoms with van der Waals surface area (Å²) in [4.78, 5) is 0. The van der Waals surface area contributed by atoms with Crippen LogP contribution in [-0.4, -0.2) is 0 Å². The monoisotopic (exact) mass is 139 g/mol. The SMILES string of the molecule is Cc1c(F)cccc1CN. The Morgan fingerprint density at radius 1 is 1.50 bits per heavy atom. The zero-order chi connectivity index (χ0) is 7.56. The van der Waals surface area contributed by atoms with Gasteiger partial charge in [0.1, 0.15) is 5.82 Å². The highest BCUT2D eigenvalue weighted by atomic mass is 19.1. The van der Waals surface area contributed by atoms with E-state index in [1.165, 1.54) is 6.07 Å². The van der Waals surface area contributed by atoms with Gasteiger partial charge in [0.15, 0.2) is 0 Å². The quantitative estimate of drug-likeness (QED) is 0.628. The number of rotatable bonds is 1. The molecule has 0 unspecified atom stereocenters. The number of benzene rings is 1. The number of hydrogen-bond acceptors (Lipinski definition) is 1. The molecular weight excluding hydrogens is 129 g/mol. The number of halogens is 1. The zero-order valence-corrected chi connectivity index (χ0v) is 5.89. The lowest BCUT2D eigenvalue weighted by molar-refractivity contribution is 0.615. The summed E-state index contributed by atoms with van der Waals surface area (Å²) in [7, 11) is 0. The Labute approximate surface area is 59.7 Å². The molecule has 2 N–H and O–H groups in total. The predicted octanol–water partition coefficient (Wildman–Crippen LogP) is 1.59. The van der Waals surface area contributed by atoms with Crippen molar-refractivity contribution in [3.8, 4) is 0 Å². The lowest BCUT2D eigenvalue weighted by Crippen LogP contribution is -1.99. The molecule has 1 aromatic rings. The van der Waals surface area contributed by atoms with Gasteiger partial charge in [-0.05, 0) is 24.1 Å². The third kappa shape index (κ3) is 1.16. The van der Waals surface area contributed by atoms with Crippen molar-refractivity contribution < 1.29 is 4.39 Å². The van der Waals surface area contributed by atoms with Gasteiger partial charge in [-0.3, -0.25) is 0 Å². The van der Waals surface area contributed by atoms with E-state index in [2.05, 4.69) is 0 Å². The molecule has 0 aliphatic carbocycles. The van der Waals surface area contributed by atoms with Crippen molar-refractivity contribution in [2.45, 2.75) is 13.5 Å². The molecule has 0 fully saturated rings. The minimum atomic E-state index is -0.178. The molecule has 0 aliphatic heterocycles. The Morgan fingerprint density at radius 3 is 2.70 bits per heavy atom. The molecular formula is C8H10FN. The summed E-state index contributed by atoms with van der Waals surface area (Å²) in [5.41, 5.74) is 6.89. The third-order valence-electron chi connectivity index (χ3n) is 1.60. The van der Waals surface area contributed by atoms with Crippen molar-refractivity contribution in [3.05, 3.63) is 35.1 Å². The average molecular weight is 139 g/mol. The molecule has 0 heterocycles. The fraction of sp³-hybridized carbons (Fsp3) is 0.250. The molecule has 0 amide bonds.